The standard InChI is InChI=1S/C28H38N2O3/c1-20-16-29-18-25(21-10-7-6-8-11-21)30(19-26(32)33-27(2,3)4)17-23(29)15-28(20,5)22-12-9-13-24(31)14-22/h6-14,20,23,25,31H,15-19H2,1-5H3/t20?,23?,25-,28?/m1/s1. The fourth-order valence-corrected chi connectivity index (χ4v) is 5.63. The topological polar surface area (TPSA) is 53.0 Å². The summed E-state index contributed by atoms with van der Waals surface area (Å²) < 4.78 is 5.68. The van der Waals surface area contributed by atoms with Gasteiger partial charge < -0.3 is 9.84 Å². The number of benzene rings is 2. The van der Waals surface area contributed by atoms with E-state index in [9.17, 15) is 9.90 Å². The Labute approximate surface area is 198 Å². The summed E-state index contributed by atoms with van der Waals surface area (Å²) in [6.07, 6.45) is 0.990. The van der Waals surface area contributed by atoms with E-state index in [0.717, 1.165) is 26.1 Å². The van der Waals surface area contributed by atoms with Crippen LogP contribution in [0.15, 0.2) is 54.6 Å². The van der Waals surface area contributed by atoms with E-state index in [1.165, 1.54) is 11.1 Å². The molecule has 1 N–H and O–H groups in total. The minimum absolute atomic E-state index is 0.0307. The van der Waals surface area contributed by atoms with Gasteiger partial charge in [0.15, 0.2) is 0 Å². The Hall–Kier alpha value is -2.37. The number of piperidine rings is 1. The predicted octanol–water partition coefficient (Wildman–Crippen LogP) is 4.76. The zero-order chi connectivity index (χ0) is 23.8. The van der Waals surface area contributed by atoms with Gasteiger partial charge in [0.25, 0.3) is 0 Å². The van der Waals surface area contributed by atoms with Gasteiger partial charge in [-0.25, -0.2) is 0 Å². The van der Waals surface area contributed by atoms with Crippen molar-refractivity contribution in [2.75, 3.05) is 26.2 Å². The highest BCUT2D eigenvalue weighted by molar-refractivity contribution is 5.72. The van der Waals surface area contributed by atoms with Gasteiger partial charge in [0.1, 0.15) is 11.4 Å². The number of piperazine rings is 1. The van der Waals surface area contributed by atoms with Crippen LogP contribution in [0, 0.1) is 5.92 Å². The van der Waals surface area contributed by atoms with Gasteiger partial charge in [-0.05, 0) is 61.8 Å². The molecule has 2 aromatic rings. The van der Waals surface area contributed by atoms with Crippen molar-refractivity contribution in [3.63, 3.8) is 0 Å². The van der Waals surface area contributed by atoms with E-state index < -0.39 is 5.60 Å². The highest BCUT2D eigenvalue weighted by Crippen LogP contribution is 2.45. The predicted molar refractivity (Wildman–Crippen MR) is 131 cm³/mol. The summed E-state index contributed by atoms with van der Waals surface area (Å²) in [5.41, 5.74) is 1.92. The number of esters is 1. The molecule has 2 fully saturated rings. The van der Waals surface area contributed by atoms with Crippen LogP contribution in [0.2, 0.25) is 0 Å². The third-order valence-corrected chi connectivity index (χ3v) is 7.51. The zero-order valence-electron chi connectivity index (χ0n) is 20.6. The molecule has 0 aliphatic carbocycles. The molecule has 178 valence electrons. The monoisotopic (exact) mass is 450 g/mol. The summed E-state index contributed by atoms with van der Waals surface area (Å²) in [6.45, 7) is 13.4. The molecule has 33 heavy (non-hydrogen) atoms. The van der Waals surface area contributed by atoms with Crippen LogP contribution in [-0.4, -0.2) is 58.7 Å². The van der Waals surface area contributed by atoms with Crippen LogP contribution in [0.25, 0.3) is 0 Å². The lowest BCUT2D eigenvalue weighted by Gasteiger charge is -2.55. The normalized spacial score (nSPS) is 28.8. The third-order valence-electron chi connectivity index (χ3n) is 7.51. The van der Waals surface area contributed by atoms with Crippen LogP contribution in [0.4, 0.5) is 0 Å². The minimum atomic E-state index is -0.491. The quantitative estimate of drug-likeness (QED) is 0.681. The second-order valence-electron chi connectivity index (χ2n) is 11.1. The molecule has 5 nitrogen and oxygen atoms in total. The number of ether oxygens (including phenoxy) is 1. The summed E-state index contributed by atoms with van der Waals surface area (Å²) in [4.78, 5) is 17.7. The molecule has 2 aromatic carbocycles. The summed E-state index contributed by atoms with van der Waals surface area (Å²) in [7, 11) is 0. The minimum Gasteiger partial charge on any atom is -0.508 e. The molecule has 0 spiro atoms. The summed E-state index contributed by atoms with van der Waals surface area (Å²) in [5.74, 6) is 0.601. The average molecular weight is 451 g/mol. The van der Waals surface area contributed by atoms with Crippen molar-refractivity contribution < 1.29 is 14.6 Å². The van der Waals surface area contributed by atoms with Gasteiger partial charge in [-0.15, -0.1) is 0 Å². The number of carbonyl (C=O) groups excluding carboxylic acids is 1. The number of phenolic OH excluding ortho intramolecular Hbond substituents is 1. The molecule has 2 aliphatic rings. The number of hydrogen-bond donors (Lipinski definition) is 1. The number of carbonyl (C=O) groups is 1. The second-order valence-corrected chi connectivity index (χ2v) is 11.1. The number of hydrogen-bond acceptors (Lipinski definition) is 5. The first-order valence-electron chi connectivity index (χ1n) is 12.1. The molecule has 2 saturated heterocycles. The van der Waals surface area contributed by atoms with Crippen LogP contribution in [0.5, 0.6) is 5.75 Å². The van der Waals surface area contributed by atoms with Gasteiger partial charge in [0.2, 0.25) is 0 Å². The van der Waals surface area contributed by atoms with Crippen molar-refractivity contribution in [2.45, 2.75) is 64.1 Å². The Morgan fingerprint density at radius 2 is 1.82 bits per heavy atom. The molecule has 0 saturated carbocycles. The SMILES string of the molecule is CC1CN2C[C@H](c3ccccc3)N(CC(=O)OC(C)(C)C)CC2CC1(C)c1cccc(O)c1. The number of phenols is 1. The molecule has 0 radical (unpaired) electrons. The average Bonchev–Trinajstić information content (AvgIpc) is 2.74. The second kappa shape index (κ2) is 9.11. The van der Waals surface area contributed by atoms with Gasteiger partial charge in [-0.1, -0.05) is 56.3 Å². The Bertz CT molecular complexity index is 971. The Morgan fingerprint density at radius 3 is 2.48 bits per heavy atom. The summed E-state index contributed by atoms with van der Waals surface area (Å²) in [6, 6.07) is 18.8. The van der Waals surface area contributed by atoms with E-state index in [2.05, 4.69) is 54.0 Å². The van der Waals surface area contributed by atoms with Crippen molar-refractivity contribution in [3.05, 3.63) is 65.7 Å². The smallest absolute Gasteiger partial charge is 0.320 e. The fraction of sp³-hybridized carbons (Fsp3) is 0.536. The molecule has 0 amide bonds. The maximum atomic E-state index is 12.8. The fourth-order valence-electron chi connectivity index (χ4n) is 5.63. The number of aromatic hydroxyl groups is 1. The summed E-state index contributed by atoms with van der Waals surface area (Å²) >= 11 is 0. The Morgan fingerprint density at radius 1 is 1.09 bits per heavy atom. The highest BCUT2D eigenvalue weighted by Gasteiger charge is 2.47. The lowest BCUT2D eigenvalue weighted by Crippen LogP contribution is -2.62. The number of fused-ring (bicyclic) bond motifs is 1. The lowest BCUT2D eigenvalue weighted by atomic mass is 9.65. The first-order chi connectivity index (χ1) is 15.5. The molecule has 2 heterocycles. The van der Waals surface area contributed by atoms with Gasteiger partial charge in [-0.3, -0.25) is 14.6 Å². The zero-order valence-corrected chi connectivity index (χ0v) is 20.6. The van der Waals surface area contributed by atoms with Crippen LogP contribution >= 0.6 is 0 Å². The number of rotatable bonds is 4. The number of nitrogens with zero attached hydrogens (tertiary/aromatic N) is 2. The van der Waals surface area contributed by atoms with Gasteiger partial charge in [0.05, 0.1) is 6.54 Å². The van der Waals surface area contributed by atoms with Gasteiger partial charge in [-0.2, -0.15) is 0 Å². The van der Waals surface area contributed by atoms with E-state index in [-0.39, 0.29) is 17.4 Å². The van der Waals surface area contributed by atoms with E-state index in [1.807, 2.05) is 39.0 Å². The van der Waals surface area contributed by atoms with Crippen LogP contribution in [0.1, 0.15) is 58.2 Å². The van der Waals surface area contributed by atoms with E-state index >= 15 is 0 Å². The molecular formula is C28H38N2O3. The molecular weight excluding hydrogens is 412 g/mol. The van der Waals surface area contributed by atoms with E-state index in [1.54, 1.807) is 6.07 Å². The Kier molecular flexibility index (Phi) is 6.56. The molecule has 4 rings (SSSR count). The molecule has 4 atom stereocenters. The molecule has 2 aliphatic heterocycles. The molecule has 0 aromatic heterocycles. The van der Waals surface area contributed by atoms with Crippen molar-refractivity contribution in [1.29, 1.82) is 0 Å². The summed E-state index contributed by atoms with van der Waals surface area (Å²) in [5, 5.41) is 10.1. The van der Waals surface area contributed by atoms with Crippen molar-refractivity contribution >= 4 is 5.97 Å². The van der Waals surface area contributed by atoms with Crippen molar-refractivity contribution in [3.8, 4) is 5.75 Å². The first kappa shape index (κ1) is 23.8. The third kappa shape index (κ3) is 5.25. The molecule has 3 unspecified atom stereocenters. The molecule has 0 bridgehead atoms. The van der Waals surface area contributed by atoms with Gasteiger partial charge >= 0.3 is 5.97 Å². The maximum Gasteiger partial charge on any atom is 0.320 e. The van der Waals surface area contributed by atoms with Crippen LogP contribution in [0.3, 0.4) is 0 Å². The van der Waals surface area contributed by atoms with E-state index in [0.29, 0.717) is 24.3 Å². The van der Waals surface area contributed by atoms with Crippen LogP contribution in [-0.2, 0) is 14.9 Å². The largest absolute Gasteiger partial charge is 0.508 e. The maximum absolute atomic E-state index is 12.8. The highest BCUT2D eigenvalue weighted by atomic mass is 16.6. The Balaban J connectivity index is 1.59. The lowest BCUT2D eigenvalue weighted by molar-refractivity contribution is -0.158. The van der Waals surface area contributed by atoms with Crippen LogP contribution < -0.4 is 0 Å². The van der Waals surface area contributed by atoms with E-state index in [4.69, 9.17) is 4.74 Å². The molecule has 5 heteroatoms. The van der Waals surface area contributed by atoms with Crippen molar-refractivity contribution in [2.24, 2.45) is 5.92 Å². The van der Waals surface area contributed by atoms with Gasteiger partial charge in [0, 0.05) is 31.7 Å². The first-order valence-corrected chi connectivity index (χ1v) is 12.1. The van der Waals surface area contributed by atoms with Crippen molar-refractivity contribution in [1.82, 2.24) is 9.80 Å².